The molecule has 17 heteroatoms. The number of nitrogen functional groups attached to an aromatic ring is 1. The number of aliphatic hydroxyl groups is 1. The van der Waals surface area contributed by atoms with Gasteiger partial charge in [0.15, 0.2) is 0 Å². The maximum absolute atomic E-state index is 12.2. The number of benzene rings is 3. The van der Waals surface area contributed by atoms with Gasteiger partial charge in [0.25, 0.3) is 20.2 Å². The van der Waals surface area contributed by atoms with Crippen molar-refractivity contribution in [2.24, 2.45) is 20.5 Å². The summed E-state index contributed by atoms with van der Waals surface area (Å²) in [6.07, 6.45) is 4.55. The van der Waals surface area contributed by atoms with E-state index >= 15 is 0 Å². The van der Waals surface area contributed by atoms with E-state index in [4.69, 9.17) is 10.5 Å². The number of rotatable bonds is 7. The van der Waals surface area contributed by atoms with E-state index in [0.717, 1.165) is 30.9 Å². The van der Waals surface area contributed by atoms with Crippen molar-refractivity contribution in [2.45, 2.75) is 35.6 Å². The topological polar surface area (TPSA) is 237 Å². The number of nitrogens with zero attached hydrogens (tertiary/aromatic N) is 5. The Morgan fingerprint density at radius 2 is 1.51 bits per heavy atom. The lowest BCUT2D eigenvalue weighted by molar-refractivity contribution is 0.0515. The van der Waals surface area contributed by atoms with Gasteiger partial charge < -0.3 is 25.6 Å². The monoisotopic (exact) mass is 658 g/mol. The third-order valence-electron chi connectivity index (χ3n) is 7.37. The van der Waals surface area contributed by atoms with Crippen LogP contribution in [0.1, 0.15) is 18.4 Å². The molecule has 6 N–H and O–H groups in total. The highest BCUT2D eigenvalue weighted by Crippen LogP contribution is 2.44. The first-order valence-corrected chi connectivity index (χ1v) is 16.5. The lowest BCUT2D eigenvalue weighted by Gasteiger charge is -2.31. The van der Waals surface area contributed by atoms with E-state index in [-0.39, 0.29) is 33.8 Å². The molecular formula is C28H30N6O9S2. The minimum absolute atomic E-state index is 0.0226. The Bertz CT molecular complexity index is 1980. The van der Waals surface area contributed by atoms with E-state index in [2.05, 4.69) is 25.4 Å². The van der Waals surface area contributed by atoms with Gasteiger partial charge in [-0.3, -0.25) is 9.11 Å². The van der Waals surface area contributed by atoms with Crippen LogP contribution in [0.25, 0.3) is 10.8 Å². The van der Waals surface area contributed by atoms with Gasteiger partial charge in [0.2, 0.25) is 0 Å². The van der Waals surface area contributed by atoms with E-state index in [1.165, 1.54) is 6.92 Å². The summed E-state index contributed by atoms with van der Waals surface area (Å²) in [5.41, 5.74) is 6.56. The predicted octanol–water partition coefficient (Wildman–Crippen LogP) is 5.25. The Morgan fingerprint density at radius 3 is 2.13 bits per heavy atom. The fourth-order valence-corrected chi connectivity index (χ4v) is 6.47. The van der Waals surface area contributed by atoms with Gasteiger partial charge in [-0.25, -0.2) is 0 Å². The predicted molar refractivity (Wildman–Crippen MR) is 164 cm³/mol. The molecule has 0 spiro atoms. The van der Waals surface area contributed by atoms with Gasteiger partial charge in [0.05, 0.1) is 36.3 Å². The van der Waals surface area contributed by atoms with Gasteiger partial charge in [-0.05, 0) is 72.8 Å². The number of aromatic hydroxyl groups is 1. The molecule has 3 aromatic rings. The average Bonchev–Trinajstić information content (AvgIpc) is 3.18. The van der Waals surface area contributed by atoms with Crippen LogP contribution < -0.4 is 5.73 Å². The standard InChI is InChI=1S/C28H30N6O9S2/c1-16-25-17(12-23(44(37,38)39)26(29)28(25)36)13-24(45(40,41)42)27(16)33-31-19-4-2-18(3-5-19)30-32-20-6-7-22(35)15-21(14-20)34-8-10-43-11-9-34/h2-5,7,12-13,15,20,35-36H,6,8-11,14,29H2,1H3,(H,37,38,39)(H,40,41,42). The van der Waals surface area contributed by atoms with E-state index in [1.807, 2.05) is 0 Å². The summed E-state index contributed by atoms with van der Waals surface area (Å²) in [5.74, 6) is -0.540. The number of ether oxygens (including phenoxy) is 1. The average molecular weight is 659 g/mol. The van der Waals surface area contributed by atoms with Gasteiger partial charge in [0, 0.05) is 30.6 Å². The Balaban J connectivity index is 1.40. The molecule has 1 aliphatic carbocycles. The van der Waals surface area contributed by atoms with Crippen molar-refractivity contribution < 1.29 is 40.9 Å². The fraction of sp³-hybridized carbons (Fsp3) is 0.286. The number of anilines is 1. The van der Waals surface area contributed by atoms with Crippen LogP contribution in [0.4, 0.5) is 22.7 Å². The number of allylic oxidation sites excluding steroid dienone is 1. The molecule has 238 valence electrons. The minimum atomic E-state index is -4.90. The molecule has 0 saturated carbocycles. The molecule has 1 aliphatic heterocycles. The van der Waals surface area contributed by atoms with E-state index in [1.54, 1.807) is 36.4 Å². The molecule has 1 atom stereocenters. The molecule has 0 amide bonds. The summed E-state index contributed by atoms with van der Waals surface area (Å²) in [6.45, 7) is 4.07. The summed E-state index contributed by atoms with van der Waals surface area (Å²) >= 11 is 0. The highest BCUT2D eigenvalue weighted by atomic mass is 32.2. The quantitative estimate of drug-likeness (QED) is 0.0951. The molecule has 5 rings (SSSR count). The van der Waals surface area contributed by atoms with Crippen LogP contribution >= 0.6 is 0 Å². The Morgan fingerprint density at radius 1 is 0.911 bits per heavy atom. The number of aliphatic hydroxyl groups excluding tert-OH is 1. The highest BCUT2D eigenvalue weighted by Gasteiger charge is 2.26. The van der Waals surface area contributed by atoms with Gasteiger partial charge in [-0.1, -0.05) is 0 Å². The number of nitrogens with two attached hydrogens (primary N) is 1. The number of phenolic OH excluding ortho intramolecular Hbond substituents is 1. The number of morpholine rings is 1. The lowest BCUT2D eigenvalue weighted by atomic mass is 10.0. The third-order valence-corrected chi connectivity index (χ3v) is 9.13. The first kappa shape index (κ1) is 32.0. The van der Waals surface area contributed by atoms with Gasteiger partial charge in [-0.15, -0.1) is 5.11 Å². The Kier molecular flexibility index (Phi) is 8.90. The van der Waals surface area contributed by atoms with Crippen LogP contribution in [0.2, 0.25) is 0 Å². The zero-order chi connectivity index (χ0) is 32.5. The van der Waals surface area contributed by atoms with Crippen molar-refractivity contribution in [1.82, 2.24) is 4.90 Å². The smallest absolute Gasteiger partial charge is 0.296 e. The Hall–Kier alpha value is -4.42. The van der Waals surface area contributed by atoms with Crippen molar-refractivity contribution in [3.8, 4) is 5.75 Å². The van der Waals surface area contributed by atoms with E-state index < -0.39 is 41.5 Å². The molecule has 15 nitrogen and oxygen atoms in total. The van der Waals surface area contributed by atoms with Gasteiger partial charge >= 0.3 is 0 Å². The fourth-order valence-electron chi connectivity index (χ4n) is 5.11. The molecule has 0 bridgehead atoms. The van der Waals surface area contributed by atoms with Crippen LogP contribution in [0.15, 0.2) is 90.3 Å². The van der Waals surface area contributed by atoms with Crippen molar-refractivity contribution in [3.63, 3.8) is 0 Å². The number of hydrogen-bond donors (Lipinski definition) is 5. The summed E-state index contributed by atoms with van der Waals surface area (Å²) in [4.78, 5) is 0.627. The molecule has 1 unspecified atom stereocenters. The summed E-state index contributed by atoms with van der Waals surface area (Å²) < 4.78 is 72.7. The zero-order valence-corrected chi connectivity index (χ0v) is 25.5. The maximum Gasteiger partial charge on any atom is 0.296 e. The maximum atomic E-state index is 12.2. The second-order valence-corrected chi connectivity index (χ2v) is 13.2. The largest absolute Gasteiger partial charge is 0.508 e. The molecule has 0 radical (unpaired) electrons. The van der Waals surface area contributed by atoms with Gasteiger partial charge in [-0.2, -0.15) is 32.2 Å². The van der Waals surface area contributed by atoms with Crippen LogP contribution in [0, 0.1) is 6.92 Å². The number of aryl methyl sites for hydroxylation is 1. The minimum Gasteiger partial charge on any atom is -0.508 e. The number of azo groups is 2. The SMILES string of the molecule is Cc1c(N=Nc2ccc(N=NC3CC=C(O)C=C(N4CCOCC4)C3)cc2)c(S(=O)(=O)O)cc2cc(S(=O)(=O)O)c(N)c(O)c12. The first-order chi connectivity index (χ1) is 21.2. The van der Waals surface area contributed by atoms with Crippen molar-refractivity contribution in [3.05, 3.63) is 65.6 Å². The summed E-state index contributed by atoms with van der Waals surface area (Å²) in [6, 6.07) is 7.95. The zero-order valence-electron chi connectivity index (χ0n) is 23.9. The van der Waals surface area contributed by atoms with E-state index in [0.29, 0.717) is 37.4 Å². The summed E-state index contributed by atoms with van der Waals surface area (Å²) in [7, 11) is -9.77. The Labute approximate surface area is 258 Å². The molecular weight excluding hydrogens is 628 g/mol. The molecule has 1 saturated heterocycles. The molecule has 2 aliphatic rings. The molecule has 0 aromatic heterocycles. The van der Waals surface area contributed by atoms with Crippen molar-refractivity contribution >= 4 is 53.8 Å². The molecule has 1 fully saturated rings. The third kappa shape index (κ3) is 7.12. The van der Waals surface area contributed by atoms with Gasteiger partial charge in [0.1, 0.15) is 27.0 Å². The van der Waals surface area contributed by atoms with Crippen LogP contribution in [-0.2, 0) is 25.0 Å². The second-order valence-electron chi connectivity index (χ2n) is 10.4. The second kappa shape index (κ2) is 12.5. The van der Waals surface area contributed by atoms with Crippen molar-refractivity contribution in [2.75, 3.05) is 32.0 Å². The van der Waals surface area contributed by atoms with Crippen LogP contribution in [-0.4, -0.2) is 73.4 Å². The molecule has 1 heterocycles. The number of phenols is 1. The van der Waals surface area contributed by atoms with Crippen LogP contribution in [0.5, 0.6) is 5.75 Å². The normalized spacial score (nSPS) is 18.4. The van der Waals surface area contributed by atoms with Crippen LogP contribution in [0.3, 0.4) is 0 Å². The lowest BCUT2D eigenvalue weighted by Crippen LogP contribution is -2.36. The molecule has 45 heavy (non-hydrogen) atoms. The number of fused-ring (bicyclic) bond motifs is 1. The van der Waals surface area contributed by atoms with Crippen molar-refractivity contribution in [1.29, 1.82) is 0 Å². The highest BCUT2D eigenvalue weighted by molar-refractivity contribution is 7.86. The van der Waals surface area contributed by atoms with E-state index in [9.17, 15) is 36.2 Å². The molecule has 3 aromatic carbocycles. The summed E-state index contributed by atoms with van der Waals surface area (Å²) in [5, 5.41) is 37.5. The number of hydrogen-bond acceptors (Lipinski definition) is 13. The first-order valence-electron chi connectivity index (χ1n) is 13.6.